The Labute approximate surface area is 140 Å². The summed E-state index contributed by atoms with van der Waals surface area (Å²) in [6, 6.07) is 4.09. The van der Waals surface area contributed by atoms with Crippen LogP contribution in [0.2, 0.25) is 0 Å². The van der Waals surface area contributed by atoms with E-state index in [1.54, 1.807) is 0 Å². The maximum atomic E-state index is 10.5. The Bertz CT molecular complexity index is 515. The Morgan fingerprint density at radius 2 is 1.86 bits per heavy atom. The van der Waals surface area contributed by atoms with Gasteiger partial charge in [-0.15, -0.1) is 0 Å². The quantitative estimate of drug-likeness (QED) is 0.853. The van der Waals surface area contributed by atoms with Crippen molar-refractivity contribution in [3.8, 4) is 11.5 Å². The molecule has 122 valence electrons. The molecule has 5 heteroatoms. The Morgan fingerprint density at radius 1 is 1.09 bits per heavy atom. The van der Waals surface area contributed by atoms with Gasteiger partial charge in [0.05, 0.1) is 23.3 Å². The highest BCUT2D eigenvalue weighted by Gasteiger charge is 2.28. The van der Waals surface area contributed by atoms with Crippen LogP contribution in [0.1, 0.15) is 44.1 Å². The lowest BCUT2D eigenvalue weighted by molar-refractivity contribution is 0.00467. The van der Waals surface area contributed by atoms with Gasteiger partial charge in [0.25, 0.3) is 0 Å². The van der Waals surface area contributed by atoms with Crippen LogP contribution in [0.3, 0.4) is 0 Å². The summed E-state index contributed by atoms with van der Waals surface area (Å²) in [6.45, 7) is 2.75. The highest BCUT2D eigenvalue weighted by atomic mass is 79.9. The molecule has 0 spiro atoms. The number of hydrogen-bond acceptors (Lipinski definition) is 4. The molecule has 22 heavy (non-hydrogen) atoms. The third kappa shape index (κ3) is 3.94. The molecular weight excluding hydrogens is 346 g/mol. The Kier molecular flexibility index (Phi) is 5.26. The smallest absolute Gasteiger partial charge is 0.175 e. The molecule has 0 saturated heterocycles. The molecule has 0 bridgehead atoms. The van der Waals surface area contributed by atoms with Crippen molar-refractivity contribution in [2.24, 2.45) is 0 Å². The average Bonchev–Trinajstić information content (AvgIpc) is 2.73. The molecule has 0 radical (unpaired) electrons. The number of rotatable bonds is 4. The van der Waals surface area contributed by atoms with Gasteiger partial charge < -0.3 is 19.9 Å². The van der Waals surface area contributed by atoms with E-state index < -0.39 is 5.60 Å². The highest BCUT2D eigenvalue weighted by Crippen LogP contribution is 2.38. The molecule has 4 nitrogen and oxygen atoms in total. The zero-order chi connectivity index (χ0) is 15.4. The minimum Gasteiger partial charge on any atom is -0.490 e. The summed E-state index contributed by atoms with van der Waals surface area (Å²) in [5.74, 6) is 1.60. The van der Waals surface area contributed by atoms with Crippen molar-refractivity contribution in [2.75, 3.05) is 19.8 Å². The molecule has 1 aliphatic carbocycles. The molecule has 0 aromatic heterocycles. The van der Waals surface area contributed by atoms with Crippen molar-refractivity contribution in [1.82, 2.24) is 5.32 Å². The fourth-order valence-electron chi connectivity index (χ4n) is 3.21. The monoisotopic (exact) mass is 369 g/mol. The van der Waals surface area contributed by atoms with E-state index in [1.807, 2.05) is 6.07 Å². The van der Waals surface area contributed by atoms with E-state index in [-0.39, 0.29) is 0 Å². The second kappa shape index (κ2) is 7.20. The first kappa shape index (κ1) is 16.1. The summed E-state index contributed by atoms with van der Waals surface area (Å²) < 4.78 is 12.4. The Hall–Kier alpha value is -0.780. The van der Waals surface area contributed by atoms with E-state index in [2.05, 4.69) is 27.3 Å². The van der Waals surface area contributed by atoms with Gasteiger partial charge in [-0.25, -0.2) is 0 Å². The van der Waals surface area contributed by atoms with Crippen LogP contribution >= 0.6 is 15.9 Å². The number of benzene rings is 1. The maximum Gasteiger partial charge on any atom is 0.175 e. The molecule has 1 aromatic carbocycles. The standard InChI is InChI=1S/C17H24BrNO3/c18-14-9-13(10-15-16(14)22-8-4-7-21-15)11-19-12-17(20)5-2-1-3-6-17/h9-10,19-20H,1-8,11-12H2. The van der Waals surface area contributed by atoms with E-state index in [1.165, 1.54) is 6.42 Å². The van der Waals surface area contributed by atoms with Crippen molar-refractivity contribution in [2.45, 2.75) is 50.7 Å². The summed E-state index contributed by atoms with van der Waals surface area (Å²) in [5, 5.41) is 13.9. The number of nitrogens with one attached hydrogen (secondary N) is 1. The molecule has 2 N–H and O–H groups in total. The van der Waals surface area contributed by atoms with Crippen molar-refractivity contribution >= 4 is 15.9 Å². The average molecular weight is 370 g/mol. The van der Waals surface area contributed by atoms with Gasteiger partial charge in [0.15, 0.2) is 11.5 Å². The Balaban J connectivity index is 1.61. The first-order valence-corrected chi connectivity index (χ1v) is 8.97. The molecule has 0 atom stereocenters. The van der Waals surface area contributed by atoms with Crippen molar-refractivity contribution in [1.29, 1.82) is 0 Å². The molecule has 0 unspecified atom stereocenters. The summed E-state index contributed by atoms with van der Waals surface area (Å²) >= 11 is 3.56. The minimum atomic E-state index is -0.527. The van der Waals surface area contributed by atoms with Crippen LogP contribution in [0.15, 0.2) is 16.6 Å². The second-order valence-electron chi connectivity index (χ2n) is 6.34. The van der Waals surface area contributed by atoms with Gasteiger partial charge in [-0.2, -0.15) is 0 Å². The SMILES string of the molecule is OC1(CNCc2cc(Br)c3c(c2)OCCCO3)CCCCC1. The molecule has 1 aromatic rings. The molecule has 0 amide bonds. The molecular formula is C17H24BrNO3. The van der Waals surface area contributed by atoms with Crippen LogP contribution in [0.5, 0.6) is 11.5 Å². The van der Waals surface area contributed by atoms with Gasteiger partial charge in [0, 0.05) is 19.5 Å². The first-order chi connectivity index (χ1) is 10.7. The van der Waals surface area contributed by atoms with Gasteiger partial charge in [-0.1, -0.05) is 19.3 Å². The van der Waals surface area contributed by atoms with Crippen LogP contribution in [0.4, 0.5) is 0 Å². The predicted molar refractivity (Wildman–Crippen MR) is 89.5 cm³/mol. The van der Waals surface area contributed by atoms with Crippen molar-refractivity contribution in [3.63, 3.8) is 0 Å². The molecule has 1 saturated carbocycles. The Morgan fingerprint density at radius 3 is 2.68 bits per heavy atom. The number of halogens is 1. The predicted octanol–water partition coefficient (Wildman–Crippen LogP) is 3.40. The first-order valence-electron chi connectivity index (χ1n) is 8.17. The normalized spacial score (nSPS) is 20.5. The summed E-state index contributed by atoms with van der Waals surface area (Å²) in [7, 11) is 0. The molecule has 1 fully saturated rings. The van der Waals surface area contributed by atoms with Gasteiger partial charge in [0.1, 0.15) is 0 Å². The number of aliphatic hydroxyl groups is 1. The zero-order valence-electron chi connectivity index (χ0n) is 12.9. The topological polar surface area (TPSA) is 50.7 Å². The summed E-state index contributed by atoms with van der Waals surface area (Å²) in [6.07, 6.45) is 6.23. The van der Waals surface area contributed by atoms with E-state index in [4.69, 9.17) is 9.47 Å². The van der Waals surface area contributed by atoms with Gasteiger partial charge in [0.2, 0.25) is 0 Å². The van der Waals surface area contributed by atoms with Crippen molar-refractivity contribution < 1.29 is 14.6 Å². The largest absolute Gasteiger partial charge is 0.490 e. The maximum absolute atomic E-state index is 10.5. The van der Waals surface area contributed by atoms with Gasteiger partial charge >= 0.3 is 0 Å². The second-order valence-corrected chi connectivity index (χ2v) is 7.20. The fraction of sp³-hybridized carbons (Fsp3) is 0.647. The van der Waals surface area contributed by atoms with Crippen LogP contribution in [0, 0.1) is 0 Å². The summed E-state index contributed by atoms with van der Waals surface area (Å²) in [4.78, 5) is 0. The van der Waals surface area contributed by atoms with Crippen LogP contribution < -0.4 is 14.8 Å². The van der Waals surface area contributed by atoms with Crippen LogP contribution in [-0.4, -0.2) is 30.5 Å². The number of fused-ring (bicyclic) bond motifs is 1. The van der Waals surface area contributed by atoms with Gasteiger partial charge in [-0.05, 0) is 46.5 Å². The van der Waals surface area contributed by atoms with E-state index in [0.29, 0.717) is 19.8 Å². The third-order valence-electron chi connectivity index (χ3n) is 4.43. The third-order valence-corrected chi connectivity index (χ3v) is 5.02. The molecule has 1 heterocycles. The lowest BCUT2D eigenvalue weighted by Crippen LogP contribution is -2.41. The summed E-state index contributed by atoms with van der Waals surface area (Å²) in [5.41, 5.74) is 0.608. The zero-order valence-corrected chi connectivity index (χ0v) is 14.5. The molecule has 2 aliphatic rings. The number of hydrogen-bond donors (Lipinski definition) is 2. The van der Waals surface area contributed by atoms with Crippen molar-refractivity contribution in [3.05, 3.63) is 22.2 Å². The minimum absolute atomic E-state index is 0.527. The van der Waals surface area contributed by atoms with E-state index >= 15 is 0 Å². The lowest BCUT2D eigenvalue weighted by Gasteiger charge is -2.32. The lowest BCUT2D eigenvalue weighted by atomic mass is 9.85. The van der Waals surface area contributed by atoms with Gasteiger partial charge in [-0.3, -0.25) is 0 Å². The molecule has 1 aliphatic heterocycles. The van der Waals surface area contributed by atoms with E-state index in [9.17, 15) is 5.11 Å². The molecule has 3 rings (SSSR count). The van der Waals surface area contributed by atoms with E-state index in [0.717, 1.165) is 60.2 Å². The number of ether oxygens (including phenoxy) is 2. The fourth-order valence-corrected chi connectivity index (χ4v) is 3.82. The highest BCUT2D eigenvalue weighted by molar-refractivity contribution is 9.10. The van der Waals surface area contributed by atoms with Crippen LogP contribution in [0.25, 0.3) is 0 Å². The van der Waals surface area contributed by atoms with Crippen LogP contribution in [-0.2, 0) is 6.54 Å².